The van der Waals surface area contributed by atoms with E-state index in [1.807, 2.05) is 0 Å². The predicted molar refractivity (Wildman–Crippen MR) is 77.3 cm³/mol. The molecule has 0 aliphatic heterocycles. The fourth-order valence-corrected chi connectivity index (χ4v) is 3.69. The Bertz CT molecular complexity index is 717. The summed E-state index contributed by atoms with van der Waals surface area (Å²) in [5.74, 6) is -0.525. The highest BCUT2D eigenvalue weighted by Crippen LogP contribution is 2.25. The molecule has 20 heavy (non-hydrogen) atoms. The smallest absolute Gasteiger partial charge is 0.263 e. The topological polar surface area (TPSA) is 66.4 Å². The molecule has 0 bridgehead atoms. The van der Waals surface area contributed by atoms with E-state index in [-0.39, 0.29) is 16.0 Å². The van der Waals surface area contributed by atoms with E-state index >= 15 is 0 Å². The zero-order valence-corrected chi connectivity index (χ0v) is 12.6. The third-order valence-electron chi connectivity index (χ3n) is 2.57. The van der Waals surface area contributed by atoms with Gasteiger partial charge in [-0.05, 0) is 51.8 Å². The Morgan fingerprint density at radius 2 is 1.80 bits per heavy atom. The largest absolute Gasteiger partial charge is 0.392 e. The number of hydrogen-bond acceptors (Lipinski definition) is 3. The van der Waals surface area contributed by atoms with E-state index in [4.69, 9.17) is 5.11 Å². The molecule has 106 valence electrons. The van der Waals surface area contributed by atoms with Gasteiger partial charge in [0.1, 0.15) is 10.7 Å². The van der Waals surface area contributed by atoms with Crippen molar-refractivity contribution < 1.29 is 17.9 Å². The lowest BCUT2D eigenvalue weighted by Crippen LogP contribution is -2.13. The van der Waals surface area contributed by atoms with E-state index in [0.29, 0.717) is 11.3 Å². The summed E-state index contributed by atoms with van der Waals surface area (Å²) >= 11 is 3.03. The van der Waals surface area contributed by atoms with Crippen molar-refractivity contribution in [1.29, 1.82) is 0 Å². The van der Waals surface area contributed by atoms with Crippen LogP contribution in [0.15, 0.2) is 51.8 Å². The minimum Gasteiger partial charge on any atom is -0.392 e. The third-order valence-corrected chi connectivity index (χ3v) is 4.93. The average molecular weight is 360 g/mol. The number of nitrogens with one attached hydrogen (secondary N) is 1. The summed E-state index contributed by atoms with van der Waals surface area (Å²) in [4.78, 5) is -0.0508. The molecule has 0 spiro atoms. The molecule has 0 aromatic heterocycles. The molecule has 0 atom stereocenters. The second-order valence-corrected chi connectivity index (χ2v) is 6.54. The molecule has 4 nitrogen and oxygen atoms in total. The van der Waals surface area contributed by atoms with Gasteiger partial charge in [-0.1, -0.05) is 12.1 Å². The molecular formula is C13H11BrFNO3S. The predicted octanol–water partition coefficient (Wildman–Crippen LogP) is 2.88. The Labute approximate surface area is 124 Å². The van der Waals surface area contributed by atoms with Gasteiger partial charge in [0.15, 0.2) is 0 Å². The standard InChI is InChI=1S/C13H11BrFNO3S/c14-12-7-10(15)3-6-13(12)20(18,19)16-11-4-1-9(8-17)2-5-11/h1-7,16-17H,8H2. The number of benzene rings is 2. The van der Waals surface area contributed by atoms with Crippen molar-refractivity contribution in [3.8, 4) is 0 Å². The Morgan fingerprint density at radius 3 is 2.35 bits per heavy atom. The van der Waals surface area contributed by atoms with Crippen molar-refractivity contribution in [2.75, 3.05) is 4.72 Å². The minimum atomic E-state index is -3.81. The molecule has 7 heteroatoms. The van der Waals surface area contributed by atoms with E-state index in [0.717, 1.165) is 12.1 Å². The zero-order valence-electron chi connectivity index (χ0n) is 10.2. The summed E-state index contributed by atoms with van der Waals surface area (Å²) in [5.41, 5.74) is 1.04. The van der Waals surface area contributed by atoms with Crippen molar-refractivity contribution in [2.24, 2.45) is 0 Å². The van der Waals surface area contributed by atoms with Gasteiger partial charge in [-0.15, -0.1) is 0 Å². The molecule has 0 aliphatic rings. The Balaban J connectivity index is 2.30. The highest BCUT2D eigenvalue weighted by Gasteiger charge is 2.18. The normalized spacial score (nSPS) is 11.3. The molecular weight excluding hydrogens is 349 g/mol. The van der Waals surface area contributed by atoms with Crippen molar-refractivity contribution in [3.05, 3.63) is 58.3 Å². The minimum absolute atomic E-state index is 0.0508. The van der Waals surface area contributed by atoms with Crippen LogP contribution in [0.4, 0.5) is 10.1 Å². The van der Waals surface area contributed by atoms with Crippen LogP contribution in [0, 0.1) is 5.82 Å². The van der Waals surface area contributed by atoms with Crippen LogP contribution in [0.3, 0.4) is 0 Å². The number of aliphatic hydroxyl groups is 1. The molecule has 0 heterocycles. The van der Waals surface area contributed by atoms with Gasteiger partial charge in [0.05, 0.1) is 6.61 Å². The molecule has 0 saturated heterocycles. The van der Waals surface area contributed by atoms with Crippen LogP contribution in [0.2, 0.25) is 0 Å². The Morgan fingerprint density at radius 1 is 1.15 bits per heavy atom. The summed E-state index contributed by atoms with van der Waals surface area (Å²) in [5, 5.41) is 8.92. The van der Waals surface area contributed by atoms with E-state index in [1.54, 1.807) is 24.3 Å². The van der Waals surface area contributed by atoms with Gasteiger partial charge in [0.25, 0.3) is 10.0 Å². The molecule has 0 amide bonds. The second kappa shape index (κ2) is 5.90. The zero-order chi connectivity index (χ0) is 14.8. The Kier molecular flexibility index (Phi) is 4.42. The van der Waals surface area contributed by atoms with Crippen LogP contribution >= 0.6 is 15.9 Å². The van der Waals surface area contributed by atoms with Crippen molar-refractivity contribution >= 4 is 31.6 Å². The van der Waals surface area contributed by atoms with Crippen LogP contribution in [-0.2, 0) is 16.6 Å². The molecule has 2 N–H and O–H groups in total. The number of anilines is 1. The highest BCUT2D eigenvalue weighted by molar-refractivity contribution is 9.10. The molecule has 0 saturated carbocycles. The van der Waals surface area contributed by atoms with Crippen molar-refractivity contribution in [2.45, 2.75) is 11.5 Å². The van der Waals surface area contributed by atoms with E-state index in [1.165, 1.54) is 6.07 Å². The van der Waals surface area contributed by atoms with Crippen molar-refractivity contribution in [1.82, 2.24) is 0 Å². The van der Waals surface area contributed by atoms with Crippen LogP contribution in [0.1, 0.15) is 5.56 Å². The van der Waals surface area contributed by atoms with Gasteiger partial charge >= 0.3 is 0 Å². The van der Waals surface area contributed by atoms with Gasteiger partial charge in [-0.2, -0.15) is 0 Å². The molecule has 2 rings (SSSR count). The van der Waals surface area contributed by atoms with E-state index in [2.05, 4.69) is 20.7 Å². The van der Waals surface area contributed by atoms with Gasteiger partial charge in [-0.25, -0.2) is 12.8 Å². The Hall–Kier alpha value is -1.44. The monoisotopic (exact) mass is 359 g/mol. The van der Waals surface area contributed by atoms with Gasteiger partial charge < -0.3 is 5.11 Å². The van der Waals surface area contributed by atoms with Crippen LogP contribution in [0.5, 0.6) is 0 Å². The van der Waals surface area contributed by atoms with Gasteiger partial charge in [0, 0.05) is 10.2 Å². The number of hydrogen-bond donors (Lipinski definition) is 2. The first-order chi connectivity index (χ1) is 9.42. The quantitative estimate of drug-likeness (QED) is 0.881. The number of halogens is 2. The lowest BCUT2D eigenvalue weighted by molar-refractivity contribution is 0.282. The van der Waals surface area contributed by atoms with Crippen LogP contribution in [0.25, 0.3) is 0 Å². The summed E-state index contributed by atoms with van der Waals surface area (Å²) in [7, 11) is -3.81. The fourth-order valence-electron chi connectivity index (χ4n) is 1.58. The summed E-state index contributed by atoms with van der Waals surface area (Å²) in [6.07, 6.45) is 0. The highest BCUT2D eigenvalue weighted by atomic mass is 79.9. The first-order valence-corrected chi connectivity index (χ1v) is 7.87. The molecule has 0 unspecified atom stereocenters. The van der Waals surface area contributed by atoms with E-state index < -0.39 is 15.8 Å². The van der Waals surface area contributed by atoms with E-state index in [9.17, 15) is 12.8 Å². The first-order valence-electron chi connectivity index (χ1n) is 5.60. The molecule has 2 aromatic rings. The van der Waals surface area contributed by atoms with Crippen LogP contribution in [-0.4, -0.2) is 13.5 Å². The SMILES string of the molecule is O=S(=O)(Nc1ccc(CO)cc1)c1ccc(F)cc1Br. The summed E-state index contributed by atoms with van der Waals surface area (Å²) < 4.78 is 39.9. The molecule has 0 radical (unpaired) electrons. The lowest BCUT2D eigenvalue weighted by Gasteiger charge is -2.10. The maximum absolute atomic E-state index is 13.0. The van der Waals surface area contributed by atoms with Crippen LogP contribution < -0.4 is 4.72 Å². The average Bonchev–Trinajstić information content (AvgIpc) is 2.38. The molecule has 2 aromatic carbocycles. The summed E-state index contributed by atoms with van der Waals surface area (Å²) in [6, 6.07) is 9.65. The maximum Gasteiger partial charge on any atom is 0.263 e. The first kappa shape index (κ1) is 15.0. The van der Waals surface area contributed by atoms with Gasteiger partial charge in [-0.3, -0.25) is 4.72 Å². The third kappa shape index (κ3) is 3.36. The fraction of sp³-hybridized carbons (Fsp3) is 0.0769. The van der Waals surface area contributed by atoms with Gasteiger partial charge in [0.2, 0.25) is 0 Å². The lowest BCUT2D eigenvalue weighted by atomic mass is 10.2. The maximum atomic E-state index is 13.0. The number of sulfonamides is 1. The second-order valence-electron chi connectivity index (χ2n) is 4.04. The molecule has 0 fully saturated rings. The number of aliphatic hydroxyl groups excluding tert-OH is 1. The van der Waals surface area contributed by atoms with Crippen molar-refractivity contribution in [3.63, 3.8) is 0 Å². The molecule has 0 aliphatic carbocycles. The summed E-state index contributed by atoms with van der Waals surface area (Å²) in [6.45, 7) is -0.115. The number of rotatable bonds is 4.